The molecule has 1 aromatic heterocycles. The third-order valence-corrected chi connectivity index (χ3v) is 2.73. The van der Waals surface area contributed by atoms with E-state index in [2.05, 4.69) is 5.10 Å². The summed E-state index contributed by atoms with van der Waals surface area (Å²) in [6.07, 6.45) is 3.67. The smallest absolute Gasteiger partial charge is 0.226 e. The molecule has 0 spiro atoms. The van der Waals surface area contributed by atoms with Gasteiger partial charge in [0, 0.05) is 38.4 Å². The van der Waals surface area contributed by atoms with Crippen molar-refractivity contribution in [3.05, 3.63) is 18.0 Å². The first kappa shape index (κ1) is 12.7. The lowest BCUT2D eigenvalue weighted by atomic mass is 10.0. The van der Waals surface area contributed by atoms with Crippen molar-refractivity contribution in [2.75, 3.05) is 7.05 Å². The molecule has 16 heavy (non-hydrogen) atoms. The Morgan fingerprint density at radius 1 is 1.62 bits per heavy atom. The summed E-state index contributed by atoms with van der Waals surface area (Å²) in [5.41, 5.74) is 6.73. The number of hydrogen-bond donors (Lipinski definition) is 1. The van der Waals surface area contributed by atoms with Gasteiger partial charge in [-0.1, -0.05) is 6.92 Å². The van der Waals surface area contributed by atoms with E-state index in [9.17, 15) is 4.79 Å². The molecule has 1 aromatic rings. The molecule has 5 nitrogen and oxygen atoms in total. The number of rotatable bonds is 4. The molecule has 0 aliphatic heterocycles. The Kier molecular flexibility index (Phi) is 4.06. The molecule has 1 rings (SSSR count). The van der Waals surface area contributed by atoms with Crippen LogP contribution in [0.15, 0.2) is 12.4 Å². The van der Waals surface area contributed by atoms with Crippen LogP contribution in [0.5, 0.6) is 0 Å². The molecule has 0 radical (unpaired) electrons. The molecule has 0 saturated heterocycles. The van der Waals surface area contributed by atoms with Crippen LogP contribution in [0.3, 0.4) is 0 Å². The summed E-state index contributed by atoms with van der Waals surface area (Å²) in [5, 5.41) is 4.06. The molecule has 0 bridgehead atoms. The Balaban J connectivity index is 2.58. The van der Waals surface area contributed by atoms with E-state index >= 15 is 0 Å². The van der Waals surface area contributed by atoms with Gasteiger partial charge in [-0.25, -0.2) is 0 Å². The Bertz CT molecular complexity index is 359. The number of carbonyl (C=O) groups excluding carboxylic acids is 1. The number of aromatic nitrogens is 2. The van der Waals surface area contributed by atoms with Crippen molar-refractivity contribution >= 4 is 5.91 Å². The quantitative estimate of drug-likeness (QED) is 0.803. The average molecular weight is 224 g/mol. The summed E-state index contributed by atoms with van der Waals surface area (Å²) in [5.74, 6) is -0.0828. The molecule has 0 aliphatic rings. The number of amides is 1. The third kappa shape index (κ3) is 3.06. The molecule has 0 aromatic carbocycles. The van der Waals surface area contributed by atoms with Gasteiger partial charge in [-0.3, -0.25) is 9.48 Å². The highest BCUT2D eigenvalue weighted by Gasteiger charge is 2.20. The zero-order valence-corrected chi connectivity index (χ0v) is 10.3. The van der Waals surface area contributed by atoms with Crippen LogP contribution in [0.1, 0.15) is 19.4 Å². The fourth-order valence-electron chi connectivity index (χ4n) is 1.48. The van der Waals surface area contributed by atoms with Crippen LogP contribution in [0.2, 0.25) is 0 Å². The largest absolute Gasteiger partial charge is 0.341 e. The highest BCUT2D eigenvalue weighted by Crippen LogP contribution is 2.08. The predicted molar refractivity (Wildman–Crippen MR) is 62.5 cm³/mol. The maximum Gasteiger partial charge on any atom is 0.226 e. The summed E-state index contributed by atoms with van der Waals surface area (Å²) in [4.78, 5) is 13.6. The predicted octanol–water partition coefficient (Wildman–Crippen LogP) is 0.362. The second-order valence-electron chi connectivity index (χ2n) is 4.36. The molecular weight excluding hydrogens is 204 g/mol. The molecule has 2 unspecified atom stereocenters. The van der Waals surface area contributed by atoms with Crippen molar-refractivity contribution in [1.82, 2.24) is 14.7 Å². The minimum atomic E-state index is -0.151. The van der Waals surface area contributed by atoms with Crippen LogP contribution >= 0.6 is 0 Å². The number of hydrogen-bond acceptors (Lipinski definition) is 3. The van der Waals surface area contributed by atoms with Gasteiger partial charge in [0.1, 0.15) is 0 Å². The van der Waals surface area contributed by atoms with Gasteiger partial charge in [-0.2, -0.15) is 5.10 Å². The molecule has 0 fully saturated rings. The lowest BCUT2D eigenvalue weighted by molar-refractivity contribution is -0.134. The van der Waals surface area contributed by atoms with Crippen molar-refractivity contribution in [3.8, 4) is 0 Å². The number of nitrogens with zero attached hydrogens (tertiary/aromatic N) is 3. The van der Waals surface area contributed by atoms with Crippen molar-refractivity contribution in [2.45, 2.75) is 26.4 Å². The second-order valence-corrected chi connectivity index (χ2v) is 4.36. The maximum atomic E-state index is 11.9. The van der Waals surface area contributed by atoms with Crippen LogP contribution in [0.25, 0.3) is 0 Å². The fraction of sp³-hybridized carbons (Fsp3) is 0.636. The highest BCUT2D eigenvalue weighted by atomic mass is 16.2. The van der Waals surface area contributed by atoms with E-state index in [4.69, 9.17) is 5.73 Å². The highest BCUT2D eigenvalue weighted by molar-refractivity contribution is 5.78. The molecule has 0 aliphatic carbocycles. The Morgan fingerprint density at radius 2 is 2.25 bits per heavy atom. The van der Waals surface area contributed by atoms with Gasteiger partial charge in [-0.15, -0.1) is 0 Å². The standard InChI is InChI=1S/C11H20N4O/c1-8(9(2)12)11(16)14(3)6-10-5-13-15(4)7-10/h5,7-9H,6,12H2,1-4H3. The molecule has 0 saturated carbocycles. The van der Waals surface area contributed by atoms with E-state index in [1.807, 2.05) is 27.1 Å². The molecule has 90 valence electrons. The van der Waals surface area contributed by atoms with E-state index in [1.165, 1.54) is 0 Å². The normalized spacial score (nSPS) is 14.6. The number of aryl methyl sites for hydroxylation is 1. The summed E-state index contributed by atoms with van der Waals surface area (Å²) in [6.45, 7) is 4.27. The van der Waals surface area contributed by atoms with Gasteiger partial charge in [0.15, 0.2) is 0 Å². The van der Waals surface area contributed by atoms with E-state index in [1.54, 1.807) is 22.8 Å². The monoisotopic (exact) mass is 224 g/mol. The van der Waals surface area contributed by atoms with Crippen LogP contribution in [0, 0.1) is 5.92 Å². The first-order valence-corrected chi connectivity index (χ1v) is 5.40. The zero-order valence-electron chi connectivity index (χ0n) is 10.3. The van der Waals surface area contributed by atoms with Crippen molar-refractivity contribution < 1.29 is 4.79 Å². The average Bonchev–Trinajstić information content (AvgIpc) is 2.61. The molecular formula is C11H20N4O. The Labute approximate surface area is 96.2 Å². The van der Waals surface area contributed by atoms with Crippen LogP contribution in [-0.4, -0.2) is 33.7 Å². The van der Waals surface area contributed by atoms with Crippen molar-refractivity contribution in [3.63, 3.8) is 0 Å². The first-order valence-electron chi connectivity index (χ1n) is 5.40. The van der Waals surface area contributed by atoms with Gasteiger partial charge < -0.3 is 10.6 Å². The third-order valence-electron chi connectivity index (χ3n) is 2.73. The zero-order chi connectivity index (χ0) is 12.3. The first-order chi connectivity index (χ1) is 7.41. The molecule has 2 atom stereocenters. The fourth-order valence-corrected chi connectivity index (χ4v) is 1.48. The molecule has 5 heteroatoms. The summed E-state index contributed by atoms with van der Waals surface area (Å²) < 4.78 is 1.72. The van der Waals surface area contributed by atoms with Crippen LogP contribution < -0.4 is 5.73 Å². The summed E-state index contributed by atoms with van der Waals surface area (Å²) in [7, 11) is 3.64. The minimum absolute atomic E-state index is 0.0684. The van der Waals surface area contributed by atoms with Crippen molar-refractivity contribution in [2.24, 2.45) is 18.7 Å². The Morgan fingerprint density at radius 3 is 2.69 bits per heavy atom. The van der Waals surface area contributed by atoms with Crippen LogP contribution in [0.4, 0.5) is 0 Å². The van der Waals surface area contributed by atoms with Crippen molar-refractivity contribution in [1.29, 1.82) is 0 Å². The van der Waals surface area contributed by atoms with Gasteiger partial charge in [0.2, 0.25) is 5.91 Å². The number of carbonyl (C=O) groups is 1. The van der Waals surface area contributed by atoms with Gasteiger partial charge in [0.05, 0.1) is 12.1 Å². The van der Waals surface area contributed by atoms with Gasteiger partial charge in [0.25, 0.3) is 0 Å². The molecule has 1 heterocycles. The number of nitrogens with two attached hydrogens (primary N) is 1. The maximum absolute atomic E-state index is 11.9. The van der Waals surface area contributed by atoms with E-state index < -0.39 is 0 Å². The van der Waals surface area contributed by atoms with E-state index in [0.29, 0.717) is 6.54 Å². The second kappa shape index (κ2) is 5.12. The van der Waals surface area contributed by atoms with E-state index in [-0.39, 0.29) is 17.9 Å². The SMILES string of the molecule is CC(N)C(C)C(=O)N(C)Cc1cnn(C)c1. The summed E-state index contributed by atoms with van der Waals surface area (Å²) in [6, 6.07) is -0.121. The van der Waals surface area contributed by atoms with E-state index in [0.717, 1.165) is 5.56 Å². The molecule has 2 N–H and O–H groups in total. The Hall–Kier alpha value is -1.36. The molecule has 1 amide bonds. The lowest BCUT2D eigenvalue weighted by Gasteiger charge is -2.22. The topological polar surface area (TPSA) is 64.2 Å². The lowest BCUT2D eigenvalue weighted by Crippen LogP contribution is -2.39. The minimum Gasteiger partial charge on any atom is -0.341 e. The van der Waals surface area contributed by atoms with Crippen LogP contribution in [-0.2, 0) is 18.4 Å². The summed E-state index contributed by atoms with van der Waals surface area (Å²) >= 11 is 0. The van der Waals surface area contributed by atoms with Gasteiger partial charge in [-0.05, 0) is 6.92 Å². The van der Waals surface area contributed by atoms with Gasteiger partial charge >= 0.3 is 0 Å².